The van der Waals surface area contributed by atoms with E-state index in [1.54, 1.807) is 23.7 Å². The molecule has 12 heteroatoms. The summed E-state index contributed by atoms with van der Waals surface area (Å²) in [6, 6.07) is 13.9. The Morgan fingerprint density at radius 3 is 2.52 bits per heavy atom. The lowest BCUT2D eigenvalue weighted by atomic mass is 10.2. The first kappa shape index (κ1) is 23.4. The fraction of sp³-hybridized carbons (Fsp3) is 0.333. The first-order valence-electron chi connectivity index (χ1n) is 10.4. The van der Waals surface area contributed by atoms with Crippen LogP contribution >= 0.6 is 11.8 Å². The number of rotatable bonds is 7. The molecule has 1 atom stereocenters. The molecule has 4 rings (SSSR count). The van der Waals surface area contributed by atoms with Crippen LogP contribution < -0.4 is 5.32 Å². The summed E-state index contributed by atoms with van der Waals surface area (Å²) < 4.78 is 33.7. The Labute approximate surface area is 196 Å². The van der Waals surface area contributed by atoms with E-state index in [1.165, 1.54) is 28.2 Å². The minimum atomic E-state index is -3.58. The van der Waals surface area contributed by atoms with Crippen LogP contribution in [0.5, 0.6) is 0 Å². The molecule has 3 aromatic rings. The van der Waals surface area contributed by atoms with Crippen molar-refractivity contribution in [3.63, 3.8) is 0 Å². The van der Waals surface area contributed by atoms with Gasteiger partial charge in [0, 0.05) is 18.8 Å². The van der Waals surface area contributed by atoms with Gasteiger partial charge in [0.25, 0.3) is 0 Å². The van der Waals surface area contributed by atoms with Gasteiger partial charge in [0.05, 0.1) is 29.0 Å². The fourth-order valence-electron chi connectivity index (χ4n) is 3.31. The number of carbonyl (C=O) groups is 1. The second-order valence-corrected chi connectivity index (χ2v) is 10.7. The summed E-state index contributed by atoms with van der Waals surface area (Å²) in [7, 11) is -3.58. The van der Waals surface area contributed by atoms with Crippen molar-refractivity contribution in [2.24, 2.45) is 0 Å². The molecule has 0 radical (unpaired) electrons. The summed E-state index contributed by atoms with van der Waals surface area (Å²) in [6.45, 7) is 5.15. The first-order chi connectivity index (χ1) is 15.9. The number of hydrogen-bond acceptors (Lipinski definition) is 8. The van der Waals surface area contributed by atoms with Gasteiger partial charge >= 0.3 is 0 Å². The standard InChI is InChI=1S/C21H24N6O4S2/c1-15-5-3-4-6-19(15)27-21(23-24-25-27)32-16(2)20(28)22-17-7-9-18(10-8-17)33(29,30)26-11-13-31-14-12-26/h3-10,16H,11-14H2,1-2H3,(H,22,28)/t16-/m0/s1. The molecule has 10 nitrogen and oxygen atoms in total. The van der Waals surface area contributed by atoms with Gasteiger partial charge in [0.1, 0.15) is 0 Å². The highest BCUT2D eigenvalue weighted by Crippen LogP contribution is 2.25. The smallest absolute Gasteiger partial charge is 0.243 e. The van der Waals surface area contributed by atoms with Crippen LogP contribution in [0.25, 0.3) is 5.69 Å². The van der Waals surface area contributed by atoms with Crippen LogP contribution in [0, 0.1) is 6.92 Å². The number of benzene rings is 2. The van der Waals surface area contributed by atoms with Crippen molar-refractivity contribution in [3.8, 4) is 5.69 Å². The average molecular weight is 489 g/mol. The summed E-state index contributed by atoms with van der Waals surface area (Å²) in [5.41, 5.74) is 2.36. The number of hydrogen-bond donors (Lipinski definition) is 1. The van der Waals surface area contributed by atoms with Crippen LogP contribution in [0.15, 0.2) is 58.6 Å². The molecule has 2 aromatic carbocycles. The molecule has 1 aliphatic rings. The van der Waals surface area contributed by atoms with E-state index in [9.17, 15) is 13.2 Å². The third-order valence-corrected chi connectivity index (χ3v) is 8.11. The van der Waals surface area contributed by atoms with E-state index in [0.717, 1.165) is 11.3 Å². The Morgan fingerprint density at radius 2 is 1.82 bits per heavy atom. The molecule has 1 aliphatic heterocycles. The first-order valence-corrected chi connectivity index (χ1v) is 12.7. The predicted octanol–water partition coefficient (Wildman–Crippen LogP) is 2.11. The van der Waals surface area contributed by atoms with Crippen molar-refractivity contribution in [2.75, 3.05) is 31.6 Å². The third kappa shape index (κ3) is 5.24. The third-order valence-electron chi connectivity index (χ3n) is 5.17. The van der Waals surface area contributed by atoms with E-state index in [2.05, 4.69) is 20.8 Å². The van der Waals surface area contributed by atoms with Gasteiger partial charge in [-0.2, -0.15) is 8.99 Å². The molecule has 2 heterocycles. The van der Waals surface area contributed by atoms with Crippen LogP contribution in [0.2, 0.25) is 0 Å². The maximum Gasteiger partial charge on any atom is 0.243 e. The molecule has 0 bridgehead atoms. The summed E-state index contributed by atoms with van der Waals surface area (Å²) in [5, 5.41) is 14.7. The topological polar surface area (TPSA) is 119 Å². The maximum absolute atomic E-state index is 12.7. The molecular formula is C21H24N6O4S2. The average Bonchev–Trinajstić information content (AvgIpc) is 3.28. The highest BCUT2D eigenvalue weighted by Gasteiger charge is 2.26. The minimum Gasteiger partial charge on any atom is -0.379 e. The van der Waals surface area contributed by atoms with Gasteiger partial charge in [-0.3, -0.25) is 4.79 Å². The monoisotopic (exact) mass is 488 g/mol. The highest BCUT2D eigenvalue weighted by atomic mass is 32.2. The fourth-order valence-corrected chi connectivity index (χ4v) is 5.51. The number of aryl methyl sites for hydroxylation is 1. The zero-order valence-corrected chi connectivity index (χ0v) is 19.8. The maximum atomic E-state index is 12.7. The lowest BCUT2D eigenvalue weighted by molar-refractivity contribution is -0.115. The van der Waals surface area contributed by atoms with E-state index in [-0.39, 0.29) is 10.8 Å². The molecule has 1 fully saturated rings. The number of para-hydroxylation sites is 1. The van der Waals surface area contributed by atoms with Crippen LogP contribution in [0.1, 0.15) is 12.5 Å². The van der Waals surface area contributed by atoms with Gasteiger partial charge in [0.15, 0.2) is 0 Å². The van der Waals surface area contributed by atoms with E-state index in [0.29, 0.717) is 37.1 Å². The van der Waals surface area contributed by atoms with Crippen LogP contribution in [0.4, 0.5) is 5.69 Å². The summed E-state index contributed by atoms with van der Waals surface area (Å²) >= 11 is 1.23. The van der Waals surface area contributed by atoms with Gasteiger partial charge in [-0.15, -0.1) is 5.10 Å². The zero-order valence-electron chi connectivity index (χ0n) is 18.2. The molecule has 1 N–H and O–H groups in total. The molecular weight excluding hydrogens is 464 g/mol. The number of ether oxygens (including phenoxy) is 1. The van der Waals surface area contributed by atoms with Gasteiger partial charge < -0.3 is 10.1 Å². The van der Waals surface area contributed by atoms with Gasteiger partial charge in [0.2, 0.25) is 21.1 Å². The second-order valence-electron chi connectivity index (χ2n) is 7.45. The molecule has 0 aliphatic carbocycles. The molecule has 0 saturated carbocycles. The van der Waals surface area contributed by atoms with Gasteiger partial charge in [-0.1, -0.05) is 30.0 Å². The predicted molar refractivity (Wildman–Crippen MR) is 124 cm³/mol. The minimum absolute atomic E-state index is 0.183. The van der Waals surface area contributed by atoms with Crippen LogP contribution in [-0.2, 0) is 19.6 Å². The number of nitrogens with zero attached hydrogens (tertiary/aromatic N) is 5. The van der Waals surface area contributed by atoms with Crippen molar-refractivity contribution >= 4 is 33.4 Å². The van der Waals surface area contributed by atoms with E-state index in [1.807, 2.05) is 31.2 Å². The number of anilines is 1. The molecule has 174 valence electrons. The molecule has 0 unspecified atom stereocenters. The summed E-state index contributed by atoms with van der Waals surface area (Å²) in [6.07, 6.45) is 0. The van der Waals surface area contributed by atoms with Crippen molar-refractivity contribution in [3.05, 3.63) is 54.1 Å². The molecule has 1 amide bonds. The van der Waals surface area contributed by atoms with Crippen LogP contribution in [0.3, 0.4) is 0 Å². The Balaban J connectivity index is 1.41. The zero-order chi connectivity index (χ0) is 23.4. The van der Waals surface area contributed by atoms with Gasteiger partial charge in [-0.05, 0) is 60.2 Å². The summed E-state index contributed by atoms with van der Waals surface area (Å²) in [5.74, 6) is -0.247. The lowest BCUT2D eigenvalue weighted by Crippen LogP contribution is -2.40. The second kappa shape index (κ2) is 10.00. The Morgan fingerprint density at radius 1 is 1.12 bits per heavy atom. The van der Waals surface area contributed by atoms with Gasteiger partial charge in [-0.25, -0.2) is 8.42 Å². The van der Waals surface area contributed by atoms with E-state index >= 15 is 0 Å². The van der Waals surface area contributed by atoms with Crippen molar-refractivity contribution in [2.45, 2.75) is 29.1 Å². The number of aromatic nitrogens is 4. The number of sulfonamides is 1. The molecule has 1 saturated heterocycles. The number of nitrogens with one attached hydrogen (secondary N) is 1. The Bertz CT molecular complexity index is 1220. The van der Waals surface area contributed by atoms with E-state index < -0.39 is 15.3 Å². The number of thioether (sulfide) groups is 1. The highest BCUT2D eigenvalue weighted by molar-refractivity contribution is 8.00. The Hall–Kier alpha value is -2.80. The van der Waals surface area contributed by atoms with Crippen molar-refractivity contribution in [1.29, 1.82) is 0 Å². The SMILES string of the molecule is Cc1ccccc1-n1nnnc1S[C@@H](C)C(=O)Nc1ccc(S(=O)(=O)N2CCOCC2)cc1. The molecule has 1 aromatic heterocycles. The Kier molecular flexibility index (Phi) is 7.08. The number of tetrazole rings is 1. The normalized spacial score (nSPS) is 15.8. The molecule has 33 heavy (non-hydrogen) atoms. The molecule has 0 spiro atoms. The largest absolute Gasteiger partial charge is 0.379 e. The van der Waals surface area contributed by atoms with Crippen LogP contribution in [-0.4, -0.2) is 70.4 Å². The summed E-state index contributed by atoms with van der Waals surface area (Å²) in [4.78, 5) is 12.9. The number of morpholine rings is 1. The quantitative estimate of drug-likeness (QED) is 0.502. The van der Waals surface area contributed by atoms with E-state index in [4.69, 9.17) is 4.74 Å². The number of amides is 1. The lowest BCUT2D eigenvalue weighted by Gasteiger charge is -2.26. The van der Waals surface area contributed by atoms with Crippen molar-refractivity contribution in [1.82, 2.24) is 24.5 Å². The number of carbonyl (C=O) groups excluding carboxylic acids is 1. The van der Waals surface area contributed by atoms with Crippen molar-refractivity contribution < 1.29 is 17.9 Å².